The quantitative estimate of drug-likeness (QED) is 0.765. The van der Waals surface area contributed by atoms with Gasteiger partial charge in [-0.25, -0.2) is 0 Å². The number of ether oxygens (including phenoxy) is 1. The first-order valence-corrected chi connectivity index (χ1v) is 3.85. The predicted molar refractivity (Wildman–Crippen MR) is 44.3 cm³/mol. The zero-order valence-corrected chi connectivity index (χ0v) is 7.64. The maximum atomic E-state index is 11.8. The van der Waals surface area contributed by atoms with Gasteiger partial charge in [0.2, 0.25) is 0 Å². The number of hydrogen-bond donors (Lipinski definition) is 1. The third-order valence-electron chi connectivity index (χ3n) is 1.80. The Hall–Kier alpha value is -1.39. The third kappa shape index (κ3) is 2.55. The van der Waals surface area contributed by atoms with Crippen LogP contribution in [0.25, 0.3) is 0 Å². The Balaban J connectivity index is 3.04. The van der Waals surface area contributed by atoms with Gasteiger partial charge in [0.25, 0.3) is 0 Å². The molecule has 0 unspecified atom stereocenters. The fourth-order valence-electron chi connectivity index (χ4n) is 0.981. The molecule has 1 N–H and O–H groups in total. The fourth-order valence-corrected chi connectivity index (χ4v) is 0.981. The minimum absolute atomic E-state index is 0.509. The van der Waals surface area contributed by atoms with Crippen LogP contribution in [-0.2, 0) is 0 Å². The molecule has 14 heavy (non-hydrogen) atoms. The van der Waals surface area contributed by atoms with Gasteiger partial charge >= 0.3 is 6.36 Å². The minimum atomic E-state index is -4.78. The van der Waals surface area contributed by atoms with E-state index in [-0.39, 0.29) is 0 Å². The maximum Gasteiger partial charge on any atom is 0.573 e. The molecule has 5 heteroatoms. The first-order chi connectivity index (χ1) is 6.29. The van der Waals surface area contributed by atoms with Crippen LogP contribution in [0.3, 0.4) is 0 Å². The molecule has 0 saturated heterocycles. The van der Waals surface area contributed by atoms with Gasteiger partial charge in [-0.3, -0.25) is 0 Å². The maximum absolute atomic E-state index is 11.8. The summed E-state index contributed by atoms with van der Waals surface area (Å²) in [4.78, 5) is 0. The van der Waals surface area contributed by atoms with Crippen LogP contribution in [0.2, 0.25) is 0 Å². The van der Waals surface area contributed by atoms with Crippen LogP contribution >= 0.6 is 0 Å². The van der Waals surface area contributed by atoms with Crippen LogP contribution in [0, 0.1) is 13.8 Å². The molecule has 0 atom stereocenters. The average Bonchev–Trinajstić information content (AvgIpc) is 1.97. The second-order valence-electron chi connectivity index (χ2n) is 2.95. The predicted octanol–water partition coefficient (Wildman–Crippen LogP) is 2.91. The van der Waals surface area contributed by atoms with Gasteiger partial charge in [0.15, 0.2) is 11.5 Å². The highest BCUT2D eigenvalue weighted by Crippen LogP contribution is 2.33. The summed E-state index contributed by atoms with van der Waals surface area (Å²) in [6.07, 6.45) is -4.78. The average molecular weight is 206 g/mol. The van der Waals surface area contributed by atoms with E-state index < -0.39 is 17.9 Å². The smallest absolute Gasteiger partial charge is 0.504 e. The highest BCUT2D eigenvalue weighted by atomic mass is 19.4. The molecule has 1 rings (SSSR count). The molecule has 0 aliphatic carbocycles. The highest BCUT2D eigenvalue weighted by Gasteiger charge is 2.32. The van der Waals surface area contributed by atoms with E-state index in [1.807, 2.05) is 0 Å². The van der Waals surface area contributed by atoms with Gasteiger partial charge in [-0.05, 0) is 37.1 Å². The lowest BCUT2D eigenvalue weighted by Crippen LogP contribution is -2.17. The van der Waals surface area contributed by atoms with Crippen molar-refractivity contribution in [2.75, 3.05) is 0 Å². The van der Waals surface area contributed by atoms with Gasteiger partial charge in [0.05, 0.1) is 0 Å². The molecule has 0 amide bonds. The summed E-state index contributed by atoms with van der Waals surface area (Å²) in [5, 5.41) is 9.15. The second-order valence-corrected chi connectivity index (χ2v) is 2.95. The first kappa shape index (κ1) is 10.7. The van der Waals surface area contributed by atoms with E-state index >= 15 is 0 Å². The van der Waals surface area contributed by atoms with E-state index in [1.165, 1.54) is 6.07 Å². The molecule has 0 radical (unpaired) electrons. The van der Waals surface area contributed by atoms with E-state index in [1.54, 1.807) is 13.8 Å². The molecule has 0 heterocycles. The van der Waals surface area contributed by atoms with Crippen molar-refractivity contribution >= 4 is 0 Å². The normalized spacial score (nSPS) is 11.5. The van der Waals surface area contributed by atoms with E-state index in [0.29, 0.717) is 11.1 Å². The molecular formula is C9H9F3O2. The van der Waals surface area contributed by atoms with Crippen molar-refractivity contribution in [3.05, 3.63) is 23.3 Å². The van der Waals surface area contributed by atoms with E-state index in [2.05, 4.69) is 4.74 Å². The van der Waals surface area contributed by atoms with Gasteiger partial charge in [0.1, 0.15) is 0 Å². The lowest BCUT2D eigenvalue weighted by atomic mass is 10.1. The first-order valence-electron chi connectivity index (χ1n) is 3.85. The van der Waals surface area contributed by atoms with Crippen molar-refractivity contribution in [1.29, 1.82) is 0 Å². The number of rotatable bonds is 1. The second kappa shape index (κ2) is 3.40. The molecule has 78 valence electrons. The summed E-state index contributed by atoms with van der Waals surface area (Å²) in [5.41, 5.74) is 1.33. The van der Waals surface area contributed by atoms with Crippen LogP contribution in [0.15, 0.2) is 12.1 Å². The Bertz CT molecular complexity index is 345. The molecular weight excluding hydrogens is 197 g/mol. The fraction of sp³-hybridized carbons (Fsp3) is 0.333. The minimum Gasteiger partial charge on any atom is -0.504 e. The van der Waals surface area contributed by atoms with Crippen molar-refractivity contribution in [3.8, 4) is 11.5 Å². The van der Waals surface area contributed by atoms with E-state index in [9.17, 15) is 13.2 Å². The molecule has 1 aromatic rings. The van der Waals surface area contributed by atoms with Crippen LogP contribution in [0.4, 0.5) is 13.2 Å². The largest absolute Gasteiger partial charge is 0.573 e. The number of aryl methyl sites for hydroxylation is 2. The summed E-state index contributed by atoms with van der Waals surface area (Å²) < 4.78 is 39.1. The topological polar surface area (TPSA) is 29.5 Å². The van der Waals surface area contributed by atoms with Crippen molar-refractivity contribution in [2.24, 2.45) is 0 Å². The number of phenolic OH excluding ortho intramolecular Hbond substituents is 1. The Morgan fingerprint density at radius 3 is 2.14 bits per heavy atom. The van der Waals surface area contributed by atoms with Crippen molar-refractivity contribution < 1.29 is 23.0 Å². The van der Waals surface area contributed by atoms with Crippen LogP contribution in [-0.4, -0.2) is 11.5 Å². The molecule has 0 aromatic heterocycles. The lowest BCUT2D eigenvalue weighted by Gasteiger charge is -2.11. The molecule has 0 saturated carbocycles. The summed E-state index contributed by atoms with van der Waals surface area (Å²) in [7, 11) is 0. The Kier molecular flexibility index (Phi) is 2.59. The summed E-state index contributed by atoms with van der Waals surface area (Å²) in [6, 6.07) is 2.38. The van der Waals surface area contributed by atoms with Crippen molar-refractivity contribution in [3.63, 3.8) is 0 Å². The van der Waals surface area contributed by atoms with Gasteiger partial charge in [0, 0.05) is 0 Å². The van der Waals surface area contributed by atoms with Crippen LogP contribution < -0.4 is 4.74 Å². The number of benzene rings is 1. The molecule has 0 aliphatic heterocycles. The standard InChI is InChI=1S/C9H9F3O2/c1-5-3-7(13)8(4-6(5)2)14-9(10,11)12/h3-4,13H,1-2H3. The van der Waals surface area contributed by atoms with Gasteiger partial charge < -0.3 is 9.84 Å². The zero-order chi connectivity index (χ0) is 10.9. The Morgan fingerprint density at radius 1 is 1.14 bits per heavy atom. The van der Waals surface area contributed by atoms with Gasteiger partial charge in [-0.1, -0.05) is 0 Å². The van der Waals surface area contributed by atoms with Crippen molar-refractivity contribution in [1.82, 2.24) is 0 Å². The molecule has 0 spiro atoms. The summed E-state index contributed by atoms with van der Waals surface area (Å²) in [5.74, 6) is -1.08. The molecule has 0 aliphatic rings. The molecule has 1 aromatic carbocycles. The zero-order valence-electron chi connectivity index (χ0n) is 7.64. The van der Waals surface area contributed by atoms with Gasteiger partial charge in [-0.2, -0.15) is 0 Å². The van der Waals surface area contributed by atoms with Gasteiger partial charge in [-0.15, -0.1) is 13.2 Å². The SMILES string of the molecule is Cc1cc(O)c(OC(F)(F)F)cc1C. The monoisotopic (exact) mass is 206 g/mol. The van der Waals surface area contributed by atoms with E-state index in [0.717, 1.165) is 6.07 Å². The summed E-state index contributed by atoms with van der Waals surface area (Å²) >= 11 is 0. The Labute approximate surface area is 78.9 Å². The van der Waals surface area contributed by atoms with Crippen LogP contribution in [0.5, 0.6) is 11.5 Å². The number of aromatic hydroxyl groups is 1. The number of alkyl halides is 3. The molecule has 2 nitrogen and oxygen atoms in total. The summed E-state index contributed by atoms with van der Waals surface area (Å²) in [6.45, 7) is 3.32. The molecule has 0 bridgehead atoms. The number of phenols is 1. The number of hydrogen-bond acceptors (Lipinski definition) is 2. The third-order valence-corrected chi connectivity index (χ3v) is 1.80. The lowest BCUT2D eigenvalue weighted by molar-refractivity contribution is -0.275. The molecule has 0 fully saturated rings. The van der Waals surface area contributed by atoms with Crippen molar-refractivity contribution in [2.45, 2.75) is 20.2 Å². The highest BCUT2D eigenvalue weighted by molar-refractivity contribution is 5.45. The number of halogens is 3. The van der Waals surface area contributed by atoms with Crippen LogP contribution in [0.1, 0.15) is 11.1 Å². The Morgan fingerprint density at radius 2 is 1.64 bits per heavy atom. The van der Waals surface area contributed by atoms with E-state index in [4.69, 9.17) is 5.11 Å².